The van der Waals surface area contributed by atoms with Crippen LogP contribution in [0.4, 0.5) is 0 Å². The number of hydrogen-bond acceptors (Lipinski definition) is 2. The zero-order valence-electron chi connectivity index (χ0n) is 20.6. The van der Waals surface area contributed by atoms with Gasteiger partial charge in [0.15, 0.2) is 0 Å². The van der Waals surface area contributed by atoms with Gasteiger partial charge in [-0.2, -0.15) is 8.42 Å². The van der Waals surface area contributed by atoms with Crippen LogP contribution in [0.1, 0.15) is 114 Å². The average molecular weight is 473 g/mol. The number of unbranched alkanes of at least 4 members (excludes halogenated alkanes) is 13. The number of benzene rings is 2. The lowest BCUT2D eigenvalue weighted by atomic mass is 9.95. The van der Waals surface area contributed by atoms with E-state index < -0.39 is 10.1 Å². The van der Waals surface area contributed by atoms with Crippen molar-refractivity contribution in [2.45, 2.75) is 115 Å². The van der Waals surface area contributed by atoms with E-state index in [9.17, 15) is 13.0 Å². The van der Waals surface area contributed by atoms with Crippen LogP contribution in [0.25, 0.3) is 0 Å². The van der Waals surface area contributed by atoms with Gasteiger partial charge in [-0.1, -0.05) is 133 Å². The molecule has 0 amide bonds. The van der Waals surface area contributed by atoms with Gasteiger partial charge in [-0.15, -0.1) is 0 Å². The van der Waals surface area contributed by atoms with Gasteiger partial charge in [-0.25, -0.2) is 0 Å². The van der Waals surface area contributed by atoms with Gasteiger partial charge in [0.25, 0.3) is 10.1 Å². The van der Waals surface area contributed by atoms with E-state index in [4.69, 9.17) is 0 Å². The third-order valence-electron chi connectivity index (χ3n) is 6.53. The summed E-state index contributed by atoms with van der Waals surface area (Å²) in [7, 11) is -4.23. The fraction of sp³-hybridized carbons (Fsp3) is 0.586. The first-order valence-electron chi connectivity index (χ1n) is 13.1. The number of rotatable bonds is 18. The Morgan fingerprint density at radius 2 is 1.15 bits per heavy atom. The molecule has 0 spiro atoms. The van der Waals surface area contributed by atoms with E-state index >= 15 is 0 Å². The molecule has 184 valence electrons. The maximum Gasteiger partial charge on any atom is 0.294 e. The molecule has 0 aromatic heterocycles. The largest absolute Gasteiger partial charge is 0.294 e. The monoisotopic (exact) mass is 472 g/mol. The molecule has 0 atom stereocenters. The summed E-state index contributed by atoms with van der Waals surface area (Å²) in [4.78, 5) is 0.0502. The van der Waals surface area contributed by atoms with Gasteiger partial charge in [-0.05, 0) is 42.0 Å². The number of hydrogen-bond donors (Lipinski definition) is 1. The highest BCUT2D eigenvalue weighted by Gasteiger charge is 2.18. The highest BCUT2D eigenvalue weighted by Crippen LogP contribution is 2.25. The Labute approximate surface area is 202 Å². The highest BCUT2D eigenvalue weighted by atomic mass is 32.2. The molecule has 0 radical (unpaired) electrons. The lowest BCUT2D eigenvalue weighted by molar-refractivity contribution is 0.482. The molecule has 1 N–H and O–H groups in total. The fourth-order valence-corrected chi connectivity index (χ4v) is 5.36. The summed E-state index contributed by atoms with van der Waals surface area (Å²) in [6.07, 6.45) is 19.9. The maximum absolute atomic E-state index is 12.0. The Balaban J connectivity index is 1.69. The normalized spacial score (nSPS) is 11.7. The van der Waals surface area contributed by atoms with Crippen LogP contribution in [0.3, 0.4) is 0 Å². The van der Waals surface area contributed by atoms with Crippen molar-refractivity contribution in [3.63, 3.8) is 0 Å². The van der Waals surface area contributed by atoms with Gasteiger partial charge in [0.2, 0.25) is 0 Å². The van der Waals surface area contributed by atoms with Crippen LogP contribution >= 0.6 is 0 Å². The second-order valence-corrected chi connectivity index (χ2v) is 10.8. The van der Waals surface area contributed by atoms with Crippen LogP contribution in [0.5, 0.6) is 0 Å². The lowest BCUT2D eigenvalue weighted by Gasteiger charge is -2.14. The minimum atomic E-state index is -4.23. The Morgan fingerprint density at radius 3 is 1.67 bits per heavy atom. The Bertz CT molecular complexity index is 875. The zero-order chi connectivity index (χ0) is 23.8. The summed E-state index contributed by atoms with van der Waals surface area (Å²) in [5.41, 5.74) is 2.82. The van der Waals surface area contributed by atoms with Crippen LogP contribution in [-0.4, -0.2) is 13.0 Å². The molecular weight excluding hydrogens is 428 g/mol. The Kier molecular flexibility index (Phi) is 13.4. The van der Waals surface area contributed by atoms with Crippen LogP contribution in [0.15, 0.2) is 53.4 Å². The van der Waals surface area contributed by atoms with Gasteiger partial charge in [0, 0.05) is 0 Å². The molecule has 0 unspecified atom stereocenters. The molecule has 2 rings (SSSR count). The van der Waals surface area contributed by atoms with Crippen molar-refractivity contribution in [2.75, 3.05) is 0 Å². The van der Waals surface area contributed by atoms with E-state index in [1.165, 1.54) is 83.1 Å². The van der Waals surface area contributed by atoms with E-state index in [1.54, 1.807) is 6.07 Å². The third kappa shape index (κ3) is 11.4. The van der Waals surface area contributed by atoms with Crippen molar-refractivity contribution in [1.29, 1.82) is 0 Å². The lowest BCUT2D eigenvalue weighted by Crippen LogP contribution is -2.07. The molecule has 0 heterocycles. The summed E-state index contributed by atoms with van der Waals surface area (Å²) in [5, 5.41) is 0. The van der Waals surface area contributed by atoms with Gasteiger partial charge < -0.3 is 0 Å². The van der Waals surface area contributed by atoms with Crippen molar-refractivity contribution in [1.82, 2.24) is 0 Å². The molecule has 0 aliphatic carbocycles. The molecule has 4 heteroatoms. The molecule has 0 aliphatic rings. The van der Waals surface area contributed by atoms with Crippen LogP contribution < -0.4 is 0 Å². The van der Waals surface area contributed by atoms with Gasteiger partial charge in [-0.3, -0.25) is 4.55 Å². The summed E-state index contributed by atoms with van der Waals surface area (Å²) < 4.78 is 33.6. The van der Waals surface area contributed by atoms with Crippen molar-refractivity contribution in [2.24, 2.45) is 0 Å². The first kappa shape index (κ1) is 27.6. The average Bonchev–Trinajstić information content (AvgIpc) is 2.80. The second kappa shape index (κ2) is 16.1. The maximum atomic E-state index is 12.0. The van der Waals surface area contributed by atoms with Gasteiger partial charge in [0.05, 0.1) is 4.90 Å². The molecule has 0 bridgehead atoms. The van der Waals surface area contributed by atoms with E-state index in [0.717, 1.165) is 36.0 Å². The Hall–Kier alpha value is -1.65. The summed E-state index contributed by atoms with van der Waals surface area (Å²) in [6.45, 7) is 2.27. The highest BCUT2D eigenvalue weighted by molar-refractivity contribution is 7.85. The molecule has 2 aromatic carbocycles. The van der Waals surface area contributed by atoms with E-state index in [-0.39, 0.29) is 4.90 Å². The van der Waals surface area contributed by atoms with Crippen molar-refractivity contribution in [3.8, 4) is 0 Å². The minimum absolute atomic E-state index is 0.0502. The predicted molar refractivity (Wildman–Crippen MR) is 140 cm³/mol. The second-order valence-electron chi connectivity index (χ2n) is 9.38. The summed E-state index contributed by atoms with van der Waals surface area (Å²) >= 11 is 0. The molecular formula is C29H44O3S. The zero-order valence-corrected chi connectivity index (χ0v) is 21.4. The quantitative estimate of drug-likeness (QED) is 0.175. The molecule has 2 aromatic rings. The van der Waals surface area contributed by atoms with Crippen molar-refractivity contribution in [3.05, 3.63) is 65.2 Å². The Morgan fingerprint density at radius 1 is 0.636 bits per heavy atom. The van der Waals surface area contributed by atoms with Crippen LogP contribution in [-0.2, 0) is 23.0 Å². The predicted octanol–water partition coefficient (Wildman–Crippen LogP) is 8.55. The molecule has 0 aliphatic heterocycles. The standard InChI is InChI=1S/C29H44O3S/c1-2-3-4-5-6-7-8-9-10-11-12-13-14-18-22-27-23-19-24-29(33(30,31)32)28(27)25-26-20-16-15-17-21-26/h15-17,19-21,23-24H,2-14,18,22,25H2,1H3,(H,30,31,32). The molecule has 3 nitrogen and oxygen atoms in total. The fourth-order valence-electron chi connectivity index (χ4n) is 4.60. The van der Waals surface area contributed by atoms with Crippen molar-refractivity contribution >= 4 is 10.1 Å². The smallest absolute Gasteiger partial charge is 0.282 e. The third-order valence-corrected chi connectivity index (χ3v) is 7.47. The summed E-state index contributed by atoms with van der Waals surface area (Å²) in [6, 6.07) is 15.1. The van der Waals surface area contributed by atoms with Gasteiger partial charge in [0.1, 0.15) is 0 Å². The molecule has 33 heavy (non-hydrogen) atoms. The van der Waals surface area contributed by atoms with E-state index in [1.807, 2.05) is 36.4 Å². The number of aryl methyl sites for hydroxylation is 1. The molecule has 0 saturated heterocycles. The first-order chi connectivity index (χ1) is 16.0. The van der Waals surface area contributed by atoms with E-state index in [0.29, 0.717) is 6.42 Å². The minimum Gasteiger partial charge on any atom is -0.282 e. The van der Waals surface area contributed by atoms with Crippen molar-refractivity contribution < 1.29 is 13.0 Å². The molecule has 0 saturated carbocycles. The first-order valence-corrected chi connectivity index (χ1v) is 14.6. The van der Waals surface area contributed by atoms with Crippen LogP contribution in [0.2, 0.25) is 0 Å². The molecule has 0 fully saturated rings. The van der Waals surface area contributed by atoms with Crippen LogP contribution in [0, 0.1) is 0 Å². The van der Waals surface area contributed by atoms with Gasteiger partial charge >= 0.3 is 0 Å². The topological polar surface area (TPSA) is 54.4 Å². The van der Waals surface area contributed by atoms with E-state index in [2.05, 4.69) is 6.92 Å². The summed E-state index contributed by atoms with van der Waals surface area (Å²) in [5.74, 6) is 0. The SMILES string of the molecule is CCCCCCCCCCCCCCCCc1cccc(S(=O)(=O)O)c1Cc1ccccc1.